The predicted octanol–water partition coefficient (Wildman–Crippen LogP) is 2.26. The van der Waals surface area contributed by atoms with Crippen molar-refractivity contribution >= 4 is 17.5 Å². The topological polar surface area (TPSA) is 55.1 Å². The molecule has 92 valence electrons. The van der Waals surface area contributed by atoms with Crippen LogP contribution in [0.15, 0.2) is 18.2 Å². The molecule has 1 aliphatic carbocycles. The molecule has 1 aromatic rings. The number of carbonyl (C=O) groups is 1. The summed E-state index contributed by atoms with van der Waals surface area (Å²) in [7, 11) is 0. The molecule has 0 atom stereocenters. The van der Waals surface area contributed by atoms with E-state index in [9.17, 15) is 4.79 Å². The van der Waals surface area contributed by atoms with Gasteiger partial charge in [-0.3, -0.25) is 4.79 Å². The Hall–Kier alpha value is -1.06. The van der Waals surface area contributed by atoms with Crippen LogP contribution in [-0.4, -0.2) is 18.0 Å². The van der Waals surface area contributed by atoms with Crippen LogP contribution in [0.2, 0.25) is 5.02 Å². The predicted molar refractivity (Wildman–Crippen MR) is 69.3 cm³/mol. The molecule has 1 aliphatic rings. The van der Waals surface area contributed by atoms with Gasteiger partial charge in [-0.2, -0.15) is 0 Å². The number of benzene rings is 1. The fourth-order valence-electron chi connectivity index (χ4n) is 2.00. The van der Waals surface area contributed by atoms with E-state index in [1.165, 1.54) is 0 Å². The molecule has 1 amide bonds. The van der Waals surface area contributed by atoms with Crippen molar-refractivity contribution in [2.24, 2.45) is 5.73 Å². The monoisotopic (exact) mass is 252 g/mol. The van der Waals surface area contributed by atoms with Gasteiger partial charge in [-0.25, -0.2) is 0 Å². The van der Waals surface area contributed by atoms with Gasteiger partial charge in [0.2, 0.25) is 0 Å². The van der Waals surface area contributed by atoms with Crippen LogP contribution in [0.1, 0.15) is 35.2 Å². The largest absolute Gasteiger partial charge is 0.350 e. The number of nitrogens with one attached hydrogen (secondary N) is 1. The SMILES string of the molecule is Cc1ccc(Cl)cc1C(=O)NCC1(N)CCC1. The summed E-state index contributed by atoms with van der Waals surface area (Å²) in [5, 5.41) is 3.46. The number of hydrogen-bond donors (Lipinski definition) is 2. The van der Waals surface area contributed by atoms with Crippen LogP contribution < -0.4 is 11.1 Å². The second kappa shape index (κ2) is 4.67. The van der Waals surface area contributed by atoms with Crippen molar-refractivity contribution in [3.63, 3.8) is 0 Å². The highest BCUT2D eigenvalue weighted by Crippen LogP contribution is 2.28. The number of nitrogens with two attached hydrogens (primary N) is 1. The van der Waals surface area contributed by atoms with Gasteiger partial charge in [-0.1, -0.05) is 17.7 Å². The Bertz CT molecular complexity index is 441. The first-order chi connectivity index (χ1) is 8.00. The molecule has 0 unspecified atom stereocenters. The molecule has 1 fully saturated rings. The van der Waals surface area contributed by atoms with E-state index in [2.05, 4.69) is 5.32 Å². The van der Waals surface area contributed by atoms with Crippen molar-refractivity contribution < 1.29 is 4.79 Å². The van der Waals surface area contributed by atoms with Gasteiger partial charge in [0, 0.05) is 22.7 Å². The van der Waals surface area contributed by atoms with Crippen molar-refractivity contribution in [2.75, 3.05) is 6.54 Å². The van der Waals surface area contributed by atoms with Gasteiger partial charge in [0.1, 0.15) is 0 Å². The van der Waals surface area contributed by atoms with Gasteiger partial charge in [-0.15, -0.1) is 0 Å². The first kappa shape index (κ1) is 12.4. The second-order valence-electron chi connectivity index (χ2n) is 4.86. The molecule has 1 aromatic carbocycles. The molecule has 17 heavy (non-hydrogen) atoms. The number of rotatable bonds is 3. The number of amides is 1. The average molecular weight is 253 g/mol. The van der Waals surface area contributed by atoms with E-state index in [0.717, 1.165) is 24.8 Å². The van der Waals surface area contributed by atoms with Crippen molar-refractivity contribution in [3.05, 3.63) is 34.3 Å². The molecule has 0 spiro atoms. The van der Waals surface area contributed by atoms with E-state index >= 15 is 0 Å². The minimum absolute atomic E-state index is 0.0956. The maximum Gasteiger partial charge on any atom is 0.251 e. The number of halogens is 1. The lowest BCUT2D eigenvalue weighted by molar-refractivity contribution is 0.0929. The van der Waals surface area contributed by atoms with E-state index in [-0.39, 0.29) is 11.4 Å². The van der Waals surface area contributed by atoms with Gasteiger partial charge in [0.15, 0.2) is 0 Å². The summed E-state index contributed by atoms with van der Waals surface area (Å²) in [6.45, 7) is 2.44. The van der Waals surface area contributed by atoms with Gasteiger partial charge >= 0.3 is 0 Å². The van der Waals surface area contributed by atoms with Crippen LogP contribution in [0.4, 0.5) is 0 Å². The third-order valence-corrected chi connectivity index (χ3v) is 3.63. The van der Waals surface area contributed by atoms with Crippen molar-refractivity contribution in [2.45, 2.75) is 31.7 Å². The summed E-state index contributed by atoms with van der Waals surface area (Å²) in [5.41, 5.74) is 7.41. The molecule has 0 radical (unpaired) electrons. The van der Waals surface area contributed by atoms with Crippen LogP contribution in [-0.2, 0) is 0 Å². The van der Waals surface area contributed by atoms with Crippen LogP contribution in [0.3, 0.4) is 0 Å². The Morgan fingerprint density at radius 2 is 2.24 bits per heavy atom. The highest BCUT2D eigenvalue weighted by atomic mass is 35.5. The summed E-state index contributed by atoms with van der Waals surface area (Å²) in [5.74, 6) is -0.0956. The van der Waals surface area contributed by atoms with Crippen LogP contribution in [0.5, 0.6) is 0 Å². The lowest BCUT2D eigenvalue weighted by Crippen LogP contribution is -2.54. The van der Waals surface area contributed by atoms with Gasteiger partial charge in [0.25, 0.3) is 5.91 Å². The van der Waals surface area contributed by atoms with Gasteiger partial charge in [0.05, 0.1) is 0 Å². The third-order valence-electron chi connectivity index (χ3n) is 3.39. The Labute approximate surface area is 106 Å². The number of hydrogen-bond acceptors (Lipinski definition) is 2. The molecular weight excluding hydrogens is 236 g/mol. The van der Waals surface area contributed by atoms with Crippen molar-refractivity contribution in [3.8, 4) is 0 Å². The molecule has 0 aromatic heterocycles. The zero-order valence-electron chi connectivity index (χ0n) is 9.92. The highest BCUT2D eigenvalue weighted by Gasteiger charge is 2.32. The molecule has 0 saturated heterocycles. The summed E-state index contributed by atoms with van der Waals surface area (Å²) in [6.07, 6.45) is 3.13. The molecule has 4 heteroatoms. The molecule has 0 bridgehead atoms. The summed E-state index contributed by atoms with van der Waals surface area (Å²) >= 11 is 5.88. The lowest BCUT2D eigenvalue weighted by Gasteiger charge is -2.38. The van der Waals surface area contributed by atoms with E-state index < -0.39 is 0 Å². The minimum atomic E-state index is -0.192. The Morgan fingerprint density at radius 1 is 1.53 bits per heavy atom. The number of aryl methyl sites for hydroxylation is 1. The zero-order valence-corrected chi connectivity index (χ0v) is 10.7. The fraction of sp³-hybridized carbons (Fsp3) is 0.462. The molecule has 2 rings (SSSR count). The molecular formula is C13H17ClN2O. The summed E-state index contributed by atoms with van der Waals surface area (Å²) < 4.78 is 0. The van der Waals surface area contributed by atoms with E-state index in [4.69, 9.17) is 17.3 Å². The molecule has 0 heterocycles. The minimum Gasteiger partial charge on any atom is -0.350 e. The normalized spacial score (nSPS) is 17.4. The summed E-state index contributed by atoms with van der Waals surface area (Å²) in [4.78, 5) is 12.0. The highest BCUT2D eigenvalue weighted by molar-refractivity contribution is 6.31. The third kappa shape index (κ3) is 2.79. The molecule has 1 saturated carbocycles. The van der Waals surface area contributed by atoms with Gasteiger partial charge < -0.3 is 11.1 Å². The van der Waals surface area contributed by atoms with E-state index in [1.54, 1.807) is 12.1 Å². The number of carbonyl (C=O) groups excluding carboxylic acids is 1. The molecule has 0 aliphatic heterocycles. The molecule has 3 nitrogen and oxygen atoms in total. The van der Waals surface area contributed by atoms with E-state index in [1.807, 2.05) is 13.0 Å². The average Bonchev–Trinajstić information content (AvgIpc) is 2.26. The maximum atomic E-state index is 12.0. The first-order valence-electron chi connectivity index (χ1n) is 5.83. The van der Waals surface area contributed by atoms with Crippen molar-refractivity contribution in [1.82, 2.24) is 5.32 Å². The van der Waals surface area contributed by atoms with Crippen LogP contribution >= 0.6 is 11.6 Å². The zero-order chi connectivity index (χ0) is 12.5. The van der Waals surface area contributed by atoms with Gasteiger partial charge in [-0.05, 0) is 43.9 Å². The summed E-state index contributed by atoms with van der Waals surface area (Å²) in [6, 6.07) is 5.32. The Kier molecular flexibility index (Phi) is 3.40. The quantitative estimate of drug-likeness (QED) is 0.867. The molecule has 3 N–H and O–H groups in total. The van der Waals surface area contributed by atoms with Crippen molar-refractivity contribution in [1.29, 1.82) is 0 Å². The standard InChI is InChI=1S/C13H17ClN2O/c1-9-3-4-10(14)7-11(9)12(17)16-8-13(15)5-2-6-13/h3-4,7H,2,5-6,8,15H2,1H3,(H,16,17). The Morgan fingerprint density at radius 3 is 2.82 bits per heavy atom. The van der Waals surface area contributed by atoms with Crippen LogP contribution in [0, 0.1) is 6.92 Å². The lowest BCUT2D eigenvalue weighted by atomic mass is 9.78. The maximum absolute atomic E-state index is 12.0. The fourth-order valence-corrected chi connectivity index (χ4v) is 2.17. The van der Waals surface area contributed by atoms with Crippen LogP contribution in [0.25, 0.3) is 0 Å². The van der Waals surface area contributed by atoms with E-state index in [0.29, 0.717) is 17.1 Å². The first-order valence-corrected chi connectivity index (χ1v) is 6.21. The second-order valence-corrected chi connectivity index (χ2v) is 5.29. The Balaban J connectivity index is 2.01. The smallest absolute Gasteiger partial charge is 0.251 e.